The number of rotatable bonds is 5. The number of aromatic nitrogens is 2. The van der Waals surface area contributed by atoms with Gasteiger partial charge >= 0.3 is 0 Å². The summed E-state index contributed by atoms with van der Waals surface area (Å²) in [5.74, 6) is -0.719. The average Bonchev–Trinajstić information content (AvgIpc) is 3.32. The van der Waals surface area contributed by atoms with Gasteiger partial charge in [0.15, 0.2) is 9.84 Å². The van der Waals surface area contributed by atoms with E-state index in [1.54, 1.807) is 24.3 Å². The molecule has 35 heavy (non-hydrogen) atoms. The van der Waals surface area contributed by atoms with E-state index in [1.807, 2.05) is 0 Å². The highest BCUT2D eigenvalue weighted by Gasteiger charge is 2.33. The summed E-state index contributed by atoms with van der Waals surface area (Å²) in [6.07, 6.45) is 0. The van der Waals surface area contributed by atoms with Gasteiger partial charge in [0.1, 0.15) is 5.82 Å². The van der Waals surface area contributed by atoms with Crippen LogP contribution in [0.25, 0.3) is 5.69 Å². The molecule has 0 unspecified atom stereocenters. The van der Waals surface area contributed by atoms with E-state index < -0.39 is 25.8 Å². The maximum Gasteiger partial charge on any atom is 0.256 e. The van der Waals surface area contributed by atoms with Gasteiger partial charge in [-0.3, -0.25) is 4.79 Å². The summed E-state index contributed by atoms with van der Waals surface area (Å²) in [7, 11) is -7.04. The highest BCUT2D eigenvalue weighted by Crippen LogP contribution is 2.33. The van der Waals surface area contributed by atoms with E-state index in [4.69, 9.17) is 16.3 Å². The first-order chi connectivity index (χ1) is 16.6. The molecule has 10 nitrogen and oxygen atoms in total. The van der Waals surface area contributed by atoms with Gasteiger partial charge in [0, 0.05) is 29.2 Å². The Morgan fingerprint density at radius 1 is 1.00 bits per heavy atom. The number of ether oxygens (including phenoxy) is 1. The first-order valence-corrected chi connectivity index (χ1v) is 14.3. The zero-order valence-corrected chi connectivity index (χ0v) is 20.7. The summed E-state index contributed by atoms with van der Waals surface area (Å²) < 4.78 is 58.0. The predicted octanol–water partition coefficient (Wildman–Crippen LogP) is 2.23. The van der Waals surface area contributed by atoms with Crippen molar-refractivity contribution in [2.45, 2.75) is 16.4 Å². The van der Waals surface area contributed by atoms with Gasteiger partial charge < -0.3 is 10.1 Å². The van der Waals surface area contributed by atoms with Crippen molar-refractivity contribution < 1.29 is 26.4 Å². The summed E-state index contributed by atoms with van der Waals surface area (Å²) >= 11 is 5.98. The number of anilines is 1. The Morgan fingerprint density at radius 3 is 2.31 bits per heavy atom. The molecule has 0 atom stereocenters. The van der Waals surface area contributed by atoms with Crippen molar-refractivity contribution in [3.8, 4) is 5.69 Å². The third kappa shape index (κ3) is 4.71. The Hall–Kier alpha value is -2.77. The molecular formula is C22H21ClN4O6S2. The number of sulfonamides is 1. The molecule has 2 aliphatic rings. The van der Waals surface area contributed by atoms with Crippen LogP contribution in [0.1, 0.15) is 21.6 Å². The van der Waals surface area contributed by atoms with E-state index in [1.165, 1.54) is 33.3 Å². The van der Waals surface area contributed by atoms with Gasteiger partial charge in [-0.15, -0.1) is 0 Å². The smallest absolute Gasteiger partial charge is 0.256 e. The minimum atomic E-state index is -3.69. The summed E-state index contributed by atoms with van der Waals surface area (Å²) in [5, 5.41) is 7.71. The van der Waals surface area contributed by atoms with Crippen molar-refractivity contribution in [2.75, 3.05) is 31.6 Å². The second-order valence-electron chi connectivity index (χ2n) is 8.19. The maximum absolute atomic E-state index is 13.1. The first-order valence-electron chi connectivity index (χ1n) is 10.7. The van der Waals surface area contributed by atoms with Crippen LogP contribution in [0.15, 0.2) is 53.4 Å². The fraction of sp³-hybridized carbons (Fsp3) is 0.273. The van der Waals surface area contributed by atoms with Crippen LogP contribution in [0.4, 0.5) is 5.82 Å². The Morgan fingerprint density at radius 2 is 1.66 bits per heavy atom. The molecule has 1 fully saturated rings. The molecule has 0 spiro atoms. The molecule has 0 saturated carbocycles. The summed E-state index contributed by atoms with van der Waals surface area (Å²) in [6.45, 7) is 1.21. The minimum absolute atomic E-state index is 0.0779. The second-order valence-corrected chi connectivity index (χ2v) is 12.6. The van der Waals surface area contributed by atoms with E-state index in [0.717, 1.165) is 0 Å². The van der Waals surface area contributed by atoms with Gasteiger partial charge in [-0.25, -0.2) is 21.5 Å². The van der Waals surface area contributed by atoms with E-state index >= 15 is 0 Å². The van der Waals surface area contributed by atoms with Gasteiger partial charge in [-0.1, -0.05) is 11.6 Å². The fourth-order valence-electron chi connectivity index (χ4n) is 4.03. The molecule has 13 heteroatoms. The topological polar surface area (TPSA) is 128 Å². The first kappa shape index (κ1) is 23.9. The number of carbonyl (C=O) groups is 1. The summed E-state index contributed by atoms with van der Waals surface area (Å²) in [5.41, 5.74) is 1.62. The molecule has 2 aliphatic heterocycles. The number of fused-ring (bicyclic) bond motifs is 1. The zero-order chi connectivity index (χ0) is 24.8. The van der Waals surface area contributed by atoms with E-state index in [9.17, 15) is 21.6 Å². The summed E-state index contributed by atoms with van der Waals surface area (Å²) in [6, 6.07) is 12.3. The zero-order valence-electron chi connectivity index (χ0n) is 18.3. The van der Waals surface area contributed by atoms with Crippen LogP contribution in [0.5, 0.6) is 0 Å². The van der Waals surface area contributed by atoms with Crippen LogP contribution in [0, 0.1) is 0 Å². The van der Waals surface area contributed by atoms with Gasteiger partial charge in [-0.2, -0.15) is 9.40 Å². The number of morpholine rings is 1. The van der Waals surface area contributed by atoms with E-state index in [0.29, 0.717) is 35.2 Å². The molecule has 1 N–H and O–H groups in total. The van der Waals surface area contributed by atoms with Crippen molar-refractivity contribution in [2.24, 2.45) is 0 Å². The number of benzene rings is 2. The Bertz CT molecular complexity index is 1490. The van der Waals surface area contributed by atoms with Crippen molar-refractivity contribution in [1.82, 2.24) is 14.1 Å². The predicted molar refractivity (Wildman–Crippen MR) is 129 cm³/mol. The van der Waals surface area contributed by atoms with Crippen LogP contribution >= 0.6 is 11.6 Å². The largest absolute Gasteiger partial charge is 0.379 e. The van der Waals surface area contributed by atoms with E-state index in [2.05, 4.69) is 10.4 Å². The molecule has 2 aromatic carbocycles. The van der Waals surface area contributed by atoms with Crippen molar-refractivity contribution in [3.05, 3.63) is 70.4 Å². The molecule has 5 rings (SSSR count). The molecule has 1 amide bonds. The lowest BCUT2D eigenvalue weighted by atomic mass is 10.2. The maximum atomic E-state index is 13.1. The molecule has 3 heterocycles. The number of sulfone groups is 1. The lowest BCUT2D eigenvalue weighted by Crippen LogP contribution is -2.40. The number of amides is 1. The molecule has 0 aliphatic carbocycles. The summed E-state index contributed by atoms with van der Waals surface area (Å²) in [4.78, 5) is 13.2. The van der Waals surface area contributed by atoms with Gasteiger partial charge in [0.2, 0.25) is 10.0 Å². The van der Waals surface area contributed by atoms with Gasteiger partial charge in [0.05, 0.1) is 41.0 Å². The number of hydrogen-bond acceptors (Lipinski definition) is 7. The van der Waals surface area contributed by atoms with Crippen LogP contribution in [-0.2, 0) is 36.1 Å². The number of nitrogens with zero attached hydrogens (tertiary/aromatic N) is 3. The lowest BCUT2D eigenvalue weighted by molar-refractivity contribution is 0.0730. The number of halogens is 1. The van der Waals surface area contributed by atoms with Gasteiger partial charge in [0.25, 0.3) is 5.91 Å². The van der Waals surface area contributed by atoms with E-state index in [-0.39, 0.29) is 40.9 Å². The van der Waals surface area contributed by atoms with Gasteiger partial charge in [-0.05, 0) is 48.5 Å². The van der Waals surface area contributed by atoms with Crippen molar-refractivity contribution in [1.29, 1.82) is 0 Å². The monoisotopic (exact) mass is 536 g/mol. The highest BCUT2D eigenvalue weighted by atomic mass is 35.5. The van der Waals surface area contributed by atoms with Crippen molar-refractivity contribution in [3.63, 3.8) is 0 Å². The van der Waals surface area contributed by atoms with Crippen LogP contribution in [-0.4, -0.2) is 63.1 Å². The number of hydrogen-bond donors (Lipinski definition) is 1. The molecule has 0 radical (unpaired) electrons. The lowest BCUT2D eigenvalue weighted by Gasteiger charge is -2.26. The molecule has 3 aromatic rings. The van der Waals surface area contributed by atoms with Crippen molar-refractivity contribution >= 4 is 43.2 Å². The molecular weight excluding hydrogens is 516 g/mol. The fourth-order valence-corrected chi connectivity index (χ4v) is 7.06. The Labute approximate surface area is 207 Å². The third-order valence-corrected chi connectivity index (χ3v) is 9.42. The standard InChI is InChI=1S/C22H21ClN4O6S2/c23-16-3-5-17(6-4-16)27-21(19-13-34(29,30)14-20(19)25-27)24-22(28)15-1-7-18(8-2-15)35(31,32)26-9-11-33-12-10-26/h1-8H,9-14H2,(H,24,28). The molecule has 1 saturated heterocycles. The molecule has 184 valence electrons. The van der Waals surface area contributed by atoms with Crippen LogP contribution < -0.4 is 5.32 Å². The third-order valence-electron chi connectivity index (χ3n) is 5.82. The SMILES string of the molecule is O=C(Nc1c2c(nn1-c1ccc(Cl)cc1)CS(=O)(=O)C2)c1ccc(S(=O)(=O)N2CCOCC2)cc1. The van der Waals surface area contributed by atoms with Crippen LogP contribution in [0.2, 0.25) is 5.02 Å². The highest BCUT2D eigenvalue weighted by molar-refractivity contribution is 7.90. The second kappa shape index (κ2) is 9.03. The normalized spacial score (nSPS) is 17.7. The number of carbonyl (C=O) groups excluding carboxylic acids is 1. The molecule has 1 aromatic heterocycles. The number of nitrogens with one attached hydrogen (secondary N) is 1. The Balaban J connectivity index is 1.43. The molecule has 0 bridgehead atoms. The average molecular weight is 537 g/mol. The Kier molecular flexibility index (Phi) is 6.18. The minimum Gasteiger partial charge on any atom is -0.379 e. The quantitative estimate of drug-likeness (QED) is 0.529. The van der Waals surface area contributed by atoms with Crippen LogP contribution in [0.3, 0.4) is 0 Å².